The zero-order chi connectivity index (χ0) is 24.3. The Balaban J connectivity index is 1.90. The van der Waals surface area contributed by atoms with Crippen LogP contribution in [0.4, 0.5) is 5.69 Å². The van der Waals surface area contributed by atoms with Crippen LogP contribution in [0.1, 0.15) is 26.7 Å². The van der Waals surface area contributed by atoms with Crippen molar-refractivity contribution in [1.82, 2.24) is 4.90 Å². The van der Waals surface area contributed by atoms with Crippen LogP contribution in [0.25, 0.3) is 0 Å². The molecule has 1 heterocycles. The van der Waals surface area contributed by atoms with Crippen LogP contribution < -0.4 is 4.31 Å². The third-order valence-corrected chi connectivity index (χ3v) is 9.58. The standard InChI is InChI=1S/C22H25Cl3N2O4S2/c1-14(26-11-12-32-21(26)22(28)29)3-4-15(2)27(20-13-17(24)7-10-19(20)25)33(30,31)18-8-5-16(23)6-9-18/h5-10,13-15,21H,3-4,11-12H2,1-2H3,(H,28,29)/t14?,15-,21?/m1/s1. The number of nitrogens with zero attached hydrogens (tertiary/aromatic N) is 2. The number of hydrogen-bond donors (Lipinski definition) is 1. The monoisotopic (exact) mass is 550 g/mol. The van der Waals surface area contributed by atoms with Crippen molar-refractivity contribution in [2.24, 2.45) is 0 Å². The summed E-state index contributed by atoms with van der Waals surface area (Å²) in [7, 11) is -3.98. The van der Waals surface area contributed by atoms with E-state index in [1.54, 1.807) is 12.1 Å². The Morgan fingerprint density at radius 3 is 2.39 bits per heavy atom. The lowest BCUT2D eigenvalue weighted by Crippen LogP contribution is -2.43. The molecule has 0 aliphatic carbocycles. The van der Waals surface area contributed by atoms with Crippen molar-refractivity contribution >= 4 is 68.2 Å². The summed E-state index contributed by atoms with van der Waals surface area (Å²) in [6.07, 6.45) is 1.10. The summed E-state index contributed by atoms with van der Waals surface area (Å²) in [5.41, 5.74) is 0.291. The number of sulfonamides is 1. The van der Waals surface area contributed by atoms with Crippen LogP contribution >= 0.6 is 46.6 Å². The molecule has 3 rings (SSSR count). The zero-order valence-corrected chi connectivity index (χ0v) is 22.0. The Labute approximate surface area is 213 Å². The molecule has 2 unspecified atom stereocenters. The minimum atomic E-state index is -3.98. The average molecular weight is 552 g/mol. The SMILES string of the molecule is CC(CC[C@@H](C)N(c1cc(Cl)ccc1Cl)S(=O)(=O)c1ccc(Cl)cc1)N1CCSC1C(=O)O. The normalized spacial score (nSPS) is 18.8. The first-order valence-corrected chi connectivity index (χ1v) is 14.0. The lowest BCUT2D eigenvalue weighted by atomic mass is 10.1. The summed E-state index contributed by atoms with van der Waals surface area (Å²) >= 11 is 20.0. The molecule has 1 fully saturated rings. The van der Waals surface area contributed by atoms with Crippen molar-refractivity contribution in [1.29, 1.82) is 0 Å². The number of thioether (sulfide) groups is 1. The molecular formula is C22H25Cl3N2O4S2. The largest absolute Gasteiger partial charge is 0.479 e. The Morgan fingerprint density at radius 2 is 1.76 bits per heavy atom. The van der Waals surface area contributed by atoms with Gasteiger partial charge in [0.2, 0.25) is 0 Å². The summed E-state index contributed by atoms with van der Waals surface area (Å²) in [5, 5.41) is 9.95. The molecule has 0 bridgehead atoms. The molecule has 0 spiro atoms. The molecule has 1 N–H and O–H groups in total. The second kappa shape index (κ2) is 11.1. The van der Waals surface area contributed by atoms with Crippen molar-refractivity contribution in [3.05, 3.63) is 57.5 Å². The summed E-state index contributed by atoms with van der Waals surface area (Å²) in [5.74, 6) is -0.0958. The van der Waals surface area contributed by atoms with E-state index in [4.69, 9.17) is 34.8 Å². The number of carboxylic acids is 1. The first-order chi connectivity index (χ1) is 15.5. The smallest absolute Gasteiger partial charge is 0.331 e. The molecule has 0 radical (unpaired) electrons. The minimum Gasteiger partial charge on any atom is -0.479 e. The number of carboxylic acid groups (broad SMARTS) is 1. The van der Waals surface area contributed by atoms with Gasteiger partial charge in [-0.15, -0.1) is 11.8 Å². The van der Waals surface area contributed by atoms with Crippen LogP contribution in [-0.4, -0.2) is 54.1 Å². The maximum Gasteiger partial charge on any atom is 0.331 e. The van der Waals surface area contributed by atoms with Gasteiger partial charge in [0.1, 0.15) is 0 Å². The van der Waals surface area contributed by atoms with E-state index in [0.717, 1.165) is 5.75 Å². The number of rotatable bonds is 9. The molecule has 3 atom stereocenters. The number of benzene rings is 2. The maximum atomic E-state index is 13.7. The first-order valence-electron chi connectivity index (χ1n) is 10.4. The van der Waals surface area contributed by atoms with E-state index < -0.39 is 27.4 Å². The Hall–Kier alpha value is -1.16. The number of carbonyl (C=O) groups is 1. The predicted octanol–water partition coefficient (Wildman–Crippen LogP) is 5.86. The van der Waals surface area contributed by atoms with E-state index in [2.05, 4.69) is 0 Å². The van der Waals surface area contributed by atoms with Gasteiger partial charge in [-0.3, -0.25) is 9.21 Å². The van der Waals surface area contributed by atoms with Gasteiger partial charge in [-0.25, -0.2) is 13.2 Å². The highest BCUT2D eigenvalue weighted by Gasteiger charge is 2.36. The molecule has 1 aliphatic rings. The van der Waals surface area contributed by atoms with E-state index in [1.807, 2.05) is 18.7 Å². The fourth-order valence-corrected chi connectivity index (χ4v) is 7.33. The van der Waals surface area contributed by atoms with Crippen molar-refractivity contribution in [2.75, 3.05) is 16.6 Å². The summed E-state index contributed by atoms with van der Waals surface area (Å²) < 4.78 is 28.7. The molecule has 0 aromatic heterocycles. The van der Waals surface area contributed by atoms with E-state index in [0.29, 0.717) is 35.1 Å². The molecule has 11 heteroatoms. The van der Waals surface area contributed by atoms with Crippen LogP contribution in [0.15, 0.2) is 47.4 Å². The van der Waals surface area contributed by atoms with Gasteiger partial charge in [0.05, 0.1) is 15.6 Å². The average Bonchev–Trinajstić information content (AvgIpc) is 3.25. The van der Waals surface area contributed by atoms with Gasteiger partial charge in [-0.1, -0.05) is 34.8 Å². The Bertz CT molecular complexity index is 1100. The summed E-state index contributed by atoms with van der Waals surface area (Å²) in [4.78, 5) is 13.6. The van der Waals surface area contributed by atoms with Gasteiger partial charge in [0, 0.05) is 34.4 Å². The van der Waals surface area contributed by atoms with Crippen LogP contribution in [0.2, 0.25) is 15.1 Å². The number of anilines is 1. The highest BCUT2D eigenvalue weighted by Crippen LogP contribution is 2.36. The highest BCUT2D eigenvalue weighted by molar-refractivity contribution is 8.00. The second-order valence-corrected chi connectivity index (χ2v) is 12.2. The summed E-state index contributed by atoms with van der Waals surface area (Å²) in [6, 6.07) is 10.2. The van der Waals surface area contributed by atoms with E-state index in [9.17, 15) is 18.3 Å². The Morgan fingerprint density at radius 1 is 1.12 bits per heavy atom. The number of aliphatic carboxylic acids is 1. The van der Waals surface area contributed by atoms with Crippen LogP contribution in [0, 0.1) is 0 Å². The van der Waals surface area contributed by atoms with Crippen molar-refractivity contribution in [3.63, 3.8) is 0 Å². The van der Waals surface area contributed by atoms with Gasteiger partial charge < -0.3 is 5.11 Å². The molecule has 0 saturated carbocycles. The molecule has 33 heavy (non-hydrogen) atoms. The lowest BCUT2D eigenvalue weighted by Gasteiger charge is -2.33. The van der Waals surface area contributed by atoms with Crippen molar-refractivity contribution in [3.8, 4) is 0 Å². The van der Waals surface area contributed by atoms with Gasteiger partial charge >= 0.3 is 5.97 Å². The Kier molecular flexibility index (Phi) is 8.86. The molecule has 2 aromatic rings. The minimum absolute atomic E-state index is 0.0292. The lowest BCUT2D eigenvalue weighted by molar-refractivity contribution is -0.140. The van der Waals surface area contributed by atoms with Gasteiger partial charge in [-0.05, 0) is 69.2 Å². The molecule has 1 aliphatic heterocycles. The van der Waals surface area contributed by atoms with Crippen LogP contribution in [0.5, 0.6) is 0 Å². The number of hydrogen-bond acceptors (Lipinski definition) is 5. The van der Waals surface area contributed by atoms with E-state index in [1.165, 1.54) is 46.4 Å². The number of halogens is 3. The van der Waals surface area contributed by atoms with Crippen molar-refractivity contribution < 1.29 is 18.3 Å². The highest BCUT2D eigenvalue weighted by atomic mass is 35.5. The zero-order valence-electron chi connectivity index (χ0n) is 18.1. The predicted molar refractivity (Wildman–Crippen MR) is 136 cm³/mol. The maximum absolute atomic E-state index is 13.7. The van der Waals surface area contributed by atoms with Crippen LogP contribution in [-0.2, 0) is 14.8 Å². The third kappa shape index (κ3) is 6.10. The molecule has 180 valence electrons. The van der Waals surface area contributed by atoms with Gasteiger partial charge in [-0.2, -0.15) is 0 Å². The van der Waals surface area contributed by atoms with Crippen LogP contribution in [0.3, 0.4) is 0 Å². The molecule has 6 nitrogen and oxygen atoms in total. The molecule has 2 aromatic carbocycles. The molecular weight excluding hydrogens is 527 g/mol. The molecule has 1 saturated heterocycles. The summed E-state index contributed by atoms with van der Waals surface area (Å²) in [6.45, 7) is 4.47. The fourth-order valence-electron chi connectivity index (χ4n) is 3.89. The third-order valence-electron chi connectivity index (χ3n) is 5.62. The quantitative estimate of drug-likeness (QED) is 0.421. The van der Waals surface area contributed by atoms with Crippen molar-refractivity contribution in [2.45, 2.75) is 49.0 Å². The fraction of sp³-hybridized carbons (Fsp3) is 0.409. The van der Waals surface area contributed by atoms with E-state index in [-0.39, 0.29) is 16.0 Å². The second-order valence-electron chi connectivity index (χ2n) is 7.93. The topological polar surface area (TPSA) is 77.9 Å². The van der Waals surface area contributed by atoms with Gasteiger partial charge in [0.15, 0.2) is 5.37 Å². The van der Waals surface area contributed by atoms with Gasteiger partial charge in [0.25, 0.3) is 10.0 Å². The van der Waals surface area contributed by atoms with E-state index >= 15 is 0 Å². The molecule has 0 amide bonds. The first kappa shape index (κ1) is 26.4.